The molecule has 0 atom stereocenters. The van der Waals surface area contributed by atoms with Crippen molar-refractivity contribution in [1.82, 2.24) is 0 Å². The van der Waals surface area contributed by atoms with E-state index >= 15 is 0 Å². The van der Waals surface area contributed by atoms with Crippen molar-refractivity contribution in [2.45, 2.75) is 0 Å². The first-order chi connectivity index (χ1) is 12.3. The summed E-state index contributed by atoms with van der Waals surface area (Å²) in [5.74, 6) is -0.320. The molecule has 0 amide bonds. The quantitative estimate of drug-likeness (QED) is 0.491. The third kappa shape index (κ3) is 4.33. The van der Waals surface area contributed by atoms with Gasteiger partial charge in [-0.05, 0) is 47.2 Å². The molecule has 0 N–H and O–H groups in total. The van der Waals surface area contributed by atoms with Crippen LogP contribution in [0.5, 0.6) is 5.75 Å². The number of nitrogens with zero attached hydrogens (tertiary/aromatic N) is 1. The highest BCUT2D eigenvalue weighted by Gasteiger charge is 2.22. The summed E-state index contributed by atoms with van der Waals surface area (Å²) >= 11 is 5.83. The third-order valence-corrected chi connectivity index (χ3v) is 5.13. The van der Waals surface area contributed by atoms with Crippen LogP contribution >= 0.6 is 11.6 Å². The number of fused-ring (bicyclic) bond motifs is 1. The Morgan fingerprint density at radius 2 is 1.65 bits per heavy atom. The molecule has 0 bridgehead atoms. The van der Waals surface area contributed by atoms with Crippen LogP contribution in [0, 0.1) is 0 Å². The number of halogens is 1. The van der Waals surface area contributed by atoms with Gasteiger partial charge in [0.25, 0.3) is 0 Å². The Kier molecular flexibility index (Phi) is 5.15. The molecule has 26 heavy (non-hydrogen) atoms. The average molecular weight is 390 g/mol. The lowest BCUT2D eigenvalue weighted by Crippen LogP contribution is -2.36. The zero-order valence-corrected chi connectivity index (χ0v) is 15.5. The number of anilines is 1. The van der Waals surface area contributed by atoms with Crippen LogP contribution in [0.3, 0.4) is 0 Å². The van der Waals surface area contributed by atoms with E-state index in [1.54, 1.807) is 24.3 Å². The van der Waals surface area contributed by atoms with E-state index in [1.807, 2.05) is 30.3 Å². The number of hydrogen-bond acceptors (Lipinski definition) is 4. The number of sulfonamides is 1. The van der Waals surface area contributed by atoms with E-state index in [2.05, 4.69) is 0 Å². The molecule has 0 spiro atoms. The van der Waals surface area contributed by atoms with Crippen molar-refractivity contribution in [1.29, 1.82) is 0 Å². The zero-order valence-electron chi connectivity index (χ0n) is 13.9. The normalized spacial score (nSPS) is 11.3. The fourth-order valence-corrected chi connectivity index (χ4v) is 3.49. The molecule has 134 valence electrons. The molecule has 0 heterocycles. The Balaban J connectivity index is 1.80. The highest BCUT2D eigenvalue weighted by Crippen LogP contribution is 2.23. The van der Waals surface area contributed by atoms with E-state index in [0.717, 1.165) is 21.3 Å². The van der Waals surface area contributed by atoms with Crippen molar-refractivity contribution in [2.75, 3.05) is 17.1 Å². The van der Waals surface area contributed by atoms with E-state index < -0.39 is 22.5 Å². The molecule has 0 aliphatic carbocycles. The van der Waals surface area contributed by atoms with Crippen molar-refractivity contribution in [2.24, 2.45) is 0 Å². The number of esters is 1. The molecule has 3 aromatic rings. The van der Waals surface area contributed by atoms with Crippen molar-refractivity contribution >= 4 is 44.1 Å². The minimum absolute atomic E-state index is 0.340. The van der Waals surface area contributed by atoms with Gasteiger partial charge in [-0.1, -0.05) is 41.9 Å². The number of ether oxygens (including phenoxy) is 1. The number of hydrogen-bond donors (Lipinski definition) is 0. The number of carbonyl (C=O) groups is 1. The molecule has 0 fully saturated rings. The first kappa shape index (κ1) is 18.2. The second-order valence-corrected chi connectivity index (χ2v) is 8.07. The van der Waals surface area contributed by atoms with Crippen LogP contribution in [0.25, 0.3) is 10.8 Å². The van der Waals surface area contributed by atoms with Gasteiger partial charge in [-0.25, -0.2) is 13.2 Å². The van der Waals surface area contributed by atoms with Gasteiger partial charge in [-0.3, -0.25) is 4.31 Å². The molecule has 3 aromatic carbocycles. The molecule has 7 heteroatoms. The fraction of sp³-hybridized carbons (Fsp3) is 0.105. The predicted octanol–water partition coefficient (Wildman–Crippen LogP) is 3.86. The molecule has 0 saturated heterocycles. The smallest absolute Gasteiger partial charge is 0.332 e. The Bertz CT molecular complexity index is 1050. The Morgan fingerprint density at radius 1 is 1.00 bits per heavy atom. The third-order valence-electron chi connectivity index (χ3n) is 3.74. The molecule has 0 radical (unpaired) electrons. The maximum absolute atomic E-state index is 12.3. The predicted molar refractivity (Wildman–Crippen MR) is 103 cm³/mol. The van der Waals surface area contributed by atoms with Crippen LogP contribution in [0.1, 0.15) is 0 Å². The maximum Gasteiger partial charge on any atom is 0.332 e. The molecule has 0 aliphatic heterocycles. The molecule has 0 aliphatic rings. The lowest BCUT2D eigenvalue weighted by Gasteiger charge is -2.21. The van der Waals surface area contributed by atoms with Gasteiger partial charge in [0.1, 0.15) is 12.3 Å². The van der Waals surface area contributed by atoms with E-state index in [-0.39, 0.29) is 0 Å². The van der Waals surface area contributed by atoms with Gasteiger partial charge < -0.3 is 4.74 Å². The van der Waals surface area contributed by atoms with E-state index in [9.17, 15) is 13.2 Å². The lowest BCUT2D eigenvalue weighted by atomic mass is 10.1. The first-order valence-electron chi connectivity index (χ1n) is 7.76. The van der Waals surface area contributed by atoms with Crippen molar-refractivity contribution in [3.8, 4) is 5.75 Å². The van der Waals surface area contributed by atoms with Crippen LogP contribution in [0.2, 0.25) is 5.02 Å². The van der Waals surface area contributed by atoms with Crippen LogP contribution in [0.4, 0.5) is 5.69 Å². The monoisotopic (exact) mass is 389 g/mol. The largest absolute Gasteiger partial charge is 0.425 e. The molecular weight excluding hydrogens is 374 g/mol. The van der Waals surface area contributed by atoms with Crippen LogP contribution < -0.4 is 9.04 Å². The number of carbonyl (C=O) groups excluding carboxylic acids is 1. The van der Waals surface area contributed by atoms with Gasteiger partial charge in [-0.15, -0.1) is 0 Å². The summed E-state index contributed by atoms with van der Waals surface area (Å²) in [5.41, 5.74) is 0.340. The Morgan fingerprint density at radius 3 is 2.31 bits per heavy atom. The van der Waals surface area contributed by atoms with Crippen molar-refractivity contribution in [3.05, 3.63) is 71.8 Å². The van der Waals surface area contributed by atoms with Gasteiger partial charge in [0.15, 0.2) is 0 Å². The summed E-state index contributed by atoms with van der Waals surface area (Å²) in [5, 5.41) is 2.42. The molecule has 3 rings (SSSR count). The van der Waals surface area contributed by atoms with Gasteiger partial charge in [0.05, 0.1) is 11.9 Å². The second-order valence-electron chi connectivity index (χ2n) is 5.73. The maximum atomic E-state index is 12.3. The summed E-state index contributed by atoms with van der Waals surface area (Å²) in [6, 6.07) is 19.1. The molecule has 5 nitrogen and oxygen atoms in total. The van der Waals surface area contributed by atoms with Crippen LogP contribution in [-0.4, -0.2) is 27.2 Å². The topological polar surface area (TPSA) is 63.7 Å². The minimum atomic E-state index is -3.66. The SMILES string of the molecule is CS(=O)(=O)N(CC(=O)Oc1ccc2ccccc2c1)c1ccc(Cl)cc1. The highest BCUT2D eigenvalue weighted by molar-refractivity contribution is 7.92. The van der Waals surface area contributed by atoms with Crippen molar-refractivity contribution in [3.63, 3.8) is 0 Å². The standard InChI is InChI=1S/C19H16ClNO4S/c1-26(23,24)21(17-9-7-16(20)8-10-17)13-19(22)25-18-11-6-14-4-2-3-5-15(14)12-18/h2-12H,13H2,1H3. The van der Waals surface area contributed by atoms with E-state index in [1.165, 1.54) is 12.1 Å². The van der Waals surface area contributed by atoms with Crippen LogP contribution in [0.15, 0.2) is 66.7 Å². The molecule has 0 aromatic heterocycles. The first-order valence-corrected chi connectivity index (χ1v) is 9.98. The number of rotatable bonds is 5. The minimum Gasteiger partial charge on any atom is -0.425 e. The summed E-state index contributed by atoms with van der Waals surface area (Å²) in [6.45, 7) is -0.437. The molecular formula is C19H16ClNO4S. The zero-order chi connectivity index (χ0) is 18.7. The van der Waals surface area contributed by atoms with Crippen LogP contribution in [-0.2, 0) is 14.8 Å². The van der Waals surface area contributed by atoms with Gasteiger partial charge in [0, 0.05) is 5.02 Å². The summed E-state index contributed by atoms with van der Waals surface area (Å²) in [4.78, 5) is 12.3. The average Bonchev–Trinajstić information content (AvgIpc) is 2.59. The number of benzene rings is 3. The highest BCUT2D eigenvalue weighted by atomic mass is 35.5. The van der Waals surface area contributed by atoms with Gasteiger partial charge >= 0.3 is 5.97 Å². The fourth-order valence-electron chi connectivity index (χ4n) is 2.52. The van der Waals surface area contributed by atoms with E-state index in [4.69, 9.17) is 16.3 Å². The summed E-state index contributed by atoms with van der Waals surface area (Å²) in [7, 11) is -3.66. The van der Waals surface area contributed by atoms with Gasteiger partial charge in [0.2, 0.25) is 10.0 Å². The van der Waals surface area contributed by atoms with E-state index in [0.29, 0.717) is 16.5 Å². The Hall–Kier alpha value is -2.57. The second kappa shape index (κ2) is 7.35. The lowest BCUT2D eigenvalue weighted by molar-refractivity contribution is -0.132. The van der Waals surface area contributed by atoms with Crippen molar-refractivity contribution < 1.29 is 17.9 Å². The molecule has 0 saturated carbocycles. The Labute approximate surface area is 156 Å². The molecule has 0 unspecified atom stereocenters. The summed E-state index contributed by atoms with van der Waals surface area (Å²) in [6.07, 6.45) is 1.03. The van der Waals surface area contributed by atoms with Gasteiger partial charge in [-0.2, -0.15) is 0 Å². The summed E-state index contributed by atoms with van der Waals surface area (Å²) < 4.78 is 30.4.